The number of carbonyl (C=O) groups excluding carboxylic acids is 1. The molecule has 3 rings (SSSR count). The Morgan fingerprint density at radius 1 is 1.24 bits per heavy atom. The second-order valence-corrected chi connectivity index (χ2v) is 4.34. The van der Waals surface area contributed by atoms with Gasteiger partial charge in [0.1, 0.15) is 0 Å². The van der Waals surface area contributed by atoms with Crippen LogP contribution in [0.5, 0.6) is 0 Å². The molecule has 86 valence electrons. The van der Waals surface area contributed by atoms with Gasteiger partial charge in [-0.3, -0.25) is 4.79 Å². The molecule has 0 aliphatic carbocycles. The van der Waals surface area contributed by atoms with Gasteiger partial charge in [-0.1, -0.05) is 0 Å². The largest absolute Gasteiger partial charge is 0.364 e. The summed E-state index contributed by atoms with van der Waals surface area (Å²) in [5.74, 6) is 0.323. The Balaban J connectivity index is 1.97. The average Bonchev–Trinajstić information content (AvgIpc) is 2.38. The molecule has 0 unspecified atom stereocenters. The Labute approximate surface area is 99.3 Å². The highest BCUT2D eigenvalue weighted by Gasteiger charge is 2.17. The van der Waals surface area contributed by atoms with Crippen molar-refractivity contribution in [1.29, 1.82) is 0 Å². The molecule has 2 aromatic rings. The molecular weight excluding hydrogens is 214 g/mol. The molecule has 1 saturated heterocycles. The van der Waals surface area contributed by atoms with Crippen molar-refractivity contribution in [3.63, 3.8) is 0 Å². The van der Waals surface area contributed by atoms with Crippen LogP contribution in [-0.4, -0.2) is 29.1 Å². The zero-order chi connectivity index (χ0) is 11.7. The first-order chi connectivity index (χ1) is 8.33. The van der Waals surface area contributed by atoms with Gasteiger partial charge in [0.2, 0.25) is 0 Å². The van der Waals surface area contributed by atoms with Gasteiger partial charge in [0.15, 0.2) is 5.78 Å². The molecule has 1 aromatic carbocycles. The third-order valence-electron chi connectivity index (χ3n) is 3.11. The van der Waals surface area contributed by atoms with Crippen molar-refractivity contribution in [1.82, 2.24) is 10.2 Å². The number of piperidine rings is 1. The van der Waals surface area contributed by atoms with E-state index in [9.17, 15) is 4.79 Å². The maximum Gasteiger partial charge on any atom is 0.152 e. The van der Waals surface area contributed by atoms with E-state index in [0.717, 1.165) is 36.0 Å². The highest BCUT2D eigenvalue weighted by molar-refractivity contribution is 5.87. The van der Waals surface area contributed by atoms with Crippen molar-refractivity contribution in [3.05, 3.63) is 30.5 Å². The van der Waals surface area contributed by atoms with Crippen LogP contribution in [0.1, 0.15) is 12.8 Å². The summed E-state index contributed by atoms with van der Waals surface area (Å²) in [6.45, 7) is 1.49. The second-order valence-electron chi connectivity index (χ2n) is 4.34. The molecule has 4 nitrogen and oxygen atoms in total. The minimum atomic E-state index is 0.323. The number of rotatable bonds is 1. The zero-order valence-electron chi connectivity index (χ0n) is 9.47. The van der Waals surface area contributed by atoms with E-state index in [1.807, 2.05) is 18.2 Å². The molecule has 0 bridgehead atoms. The van der Waals surface area contributed by atoms with Crippen LogP contribution in [0.3, 0.4) is 0 Å². The van der Waals surface area contributed by atoms with E-state index >= 15 is 0 Å². The van der Waals surface area contributed by atoms with E-state index in [0.29, 0.717) is 12.3 Å². The highest BCUT2D eigenvalue weighted by Crippen LogP contribution is 2.22. The van der Waals surface area contributed by atoms with Gasteiger partial charge in [-0.2, -0.15) is 10.2 Å². The molecule has 2 heterocycles. The quantitative estimate of drug-likeness (QED) is 0.745. The van der Waals surface area contributed by atoms with Gasteiger partial charge in [-0.15, -0.1) is 0 Å². The van der Waals surface area contributed by atoms with Crippen LogP contribution in [0.4, 0.5) is 5.69 Å². The average molecular weight is 227 g/mol. The summed E-state index contributed by atoms with van der Waals surface area (Å²) in [7, 11) is 0. The maximum absolute atomic E-state index is 11.4. The van der Waals surface area contributed by atoms with Crippen LogP contribution in [0, 0.1) is 0 Å². The molecule has 1 aromatic heterocycles. The van der Waals surface area contributed by atoms with Crippen molar-refractivity contribution in [2.24, 2.45) is 0 Å². The fourth-order valence-corrected chi connectivity index (χ4v) is 2.23. The number of anilines is 1. The summed E-state index contributed by atoms with van der Waals surface area (Å²) in [6, 6.07) is 7.98. The Morgan fingerprint density at radius 3 is 3.06 bits per heavy atom. The number of benzene rings is 1. The Morgan fingerprint density at radius 2 is 2.18 bits per heavy atom. The molecule has 0 radical (unpaired) electrons. The number of nitrogens with zero attached hydrogens (tertiary/aromatic N) is 3. The maximum atomic E-state index is 11.4. The summed E-state index contributed by atoms with van der Waals surface area (Å²) in [4.78, 5) is 13.6. The van der Waals surface area contributed by atoms with Gasteiger partial charge in [0.05, 0.1) is 18.3 Å². The first-order valence-corrected chi connectivity index (χ1v) is 5.81. The van der Waals surface area contributed by atoms with Crippen LogP contribution in [0.15, 0.2) is 30.5 Å². The van der Waals surface area contributed by atoms with Crippen molar-refractivity contribution in [3.8, 4) is 0 Å². The number of hydrogen-bond donors (Lipinski definition) is 0. The minimum Gasteiger partial charge on any atom is -0.364 e. The SMILES string of the molecule is O=C1CCCN(c2ccc3nnccc3c2)C1. The van der Waals surface area contributed by atoms with Crippen LogP contribution < -0.4 is 4.90 Å². The van der Waals surface area contributed by atoms with Gasteiger partial charge in [0, 0.05) is 24.0 Å². The topological polar surface area (TPSA) is 46.1 Å². The lowest BCUT2D eigenvalue weighted by atomic mass is 10.1. The summed E-state index contributed by atoms with van der Waals surface area (Å²) in [5.41, 5.74) is 1.98. The van der Waals surface area contributed by atoms with Gasteiger partial charge in [-0.25, -0.2) is 0 Å². The number of ketones is 1. The molecule has 1 aliphatic heterocycles. The Kier molecular flexibility index (Phi) is 2.48. The standard InChI is InChI=1S/C13H13N3O/c17-12-2-1-7-16(9-12)11-3-4-13-10(8-11)5-6-14-15-13/h3-6,8H,1-2,7,9H2. The number of Topliss-reactive ketones (excluding diaryl/α,β-unsaturated/α-hetero) is 1. The summed E-state index contributed by atoms with van der Waals surface area (Å²) < 4.78 is 0. The third kappa shape index (κ3) is 1.98. The molecule has 0 atom stereocenters. The van der Waals surface area contributed by atoms with E-state index in [4.69, 9.17) is 0 Å². The predicted octanol–water partition coefficient (Wildman–Crippen LogP) is 1.80. The molecule has 4 heteroatoms. The number of fused-ring (bicyclic) bond motifs is 1. The second kappa shape index (κ2) is 4.13. The smallest absolute Gasteiger partial charge is 0.152 e. The van der Waals surface area contributed by atoms with E-state index < -0.39 is 0 Å². The Bertz CT molecular complexity index is 567. The van der Waals surface area contributed by atoms with Crippen molar-refractivity contribution >= 4 is 22.4 Å². The third-order valence-corrected chi connectivity index (χ3v) is 3.11. The lowest BCUT2D eigenvalue weighted by molar-refractivity contribution is -0.118. The minimum absolute atomic E-state index is 0.323. The molecule has 0 N–H and O–H groups in total. The zero-order valence-corrected chi connectivity index (χ0v) is 9.47. The summed E-state index contributed by atoms with van der Waals surface area (Å²) in [5, 5.41) is 8.96. The van der Waals surface area contributed by atoms with Crippen molar-refractivity contribution in [2.75, 3.05) is 18.0 Å². The molecule has 0 spiro atoms. The van der Waals surface area contributed by atoms with Crippen LogP contribution in [0.25, 0.3) is 10.9 Å². The monoisotopic (exact) mass is 227 g/mol. The van der Waals surface area contributed by atoms with E-state index in [1.54, 1.807) is 6.20 Å². The normalized spacial score (nSPS) is 16.5. The van der Waals surface area contributed by atoms with Crippen LogP contribution in [0.2, 0.25) is 0 Å². The van der Waals surface area contributed by atoms with Gasteiger partial charge in [0.25, 0.3) is 0 Å². The lowest BCUT2D eigenvalue weighted by Gasteiger charge is -2.27. The van der Waals surface area contributed by atoms with Gasteiger partial charge >= 0.3 is 0 Å². The van der Waals surface area contributed by atoms with E-state index in [-0.39, 0.29) is 0 Å². The fourth-order valence-electron chi connectivity index (χ4n) is 2.23. The molecule has 0 saturated carbocycles. The first kappa shape index (κ1) is 10.2. The number of carbonyl (C=O) groups is 1. The Hall–Kier alpha value is -1.97. The van der Waals surface area contributed by atoms with Crippen molar-refractivity contribution < 1.29 is 4.79 Å². The van der Waals surface area contributed by atoms with Crippen molar-refractivity contribution in [2.45, 2.75) is 12.8 Å². The lowest BCUT2D eigenvalue weighted by Crippen LogP contribution is -2.35. The molecule has 1 aliphatic rings. The van der Waals surface area contributed by atoms with E-state index in [2.05, 4.69) is 21.2 Å². The molecular formula is C13H13N3O. The number of hydrogen-bond acceptors (Lipinski definition) is 4. The van der Waals surface area contributed by atoms with E-state index in [1.165, 1.54) is 0 Å². The summed E-state index contributed by atoms with van der Waals surface area (Å²) in [6.07, 6.45) is 3.36. The van der Waals surface area contributed by atoms with Gasteiger partial charge in [-0.05, 0) is 30.7 Å². The predicted molar refractivity (Wildman–Crippen MR) is 66.0 cm³/mol. The van der Waals surface area contributed by atoms with Gasteiger partial charge < -0.3 is 4.90 Å². The molecule has 17 heavy (non-hydrogen) atoms. The molecule has 1 fully saturated rings. The highest BCUT2D eigenvalue weighted by atomic mass is 16.1. The summed E-state index contributed by atoms with van der Waals surface area (Å²) >= 11 is 0. The van der Waals surface area contributed by atoms with Crippen LogP contribution in [-0.2, 0) is 4.79 Å². The fraction of sp³-hybridized carbons (Fsp3) is 0.308. The molecule has 0 amide bonds. The first-order valence-electron chi connectivity index (χ1n) is 5.81. The van der Waals surface area contributed by atoms with Crippen LogP contribution >= 0.6 is 0 Å². The number of aromatic nitrogens is 2.